The van der Waals surface area contributed by atoms with Gasteiger partial charge in [-0.2, -0.15) is 18.4 Å². The van der Waals surface area contributed by atoms with Crippen LogP contribution in [0, 0.1) is 24.2 Å². The highest BCUT2D eigenvalue weighted by Gasteiger charge is 2.45. The van der Waals surface area contributed by atoms with Crippen molar-refractivity contribution in [1.29, 1.82) is 5.26 Å². The van der Waals surface area contributed by atoms with E-state index in [1.165, 1.54) is 0 Å². The predicted octanol–water partition coefficient (Wildman–Crippen LogP) is 3.42. The van der Waals surface area contributed by atoms with E-state index in [-0.39, 0.29) is 6.42 Å². The van der Waals surface area contributed by atoms with Gasteiger partial charge in [-0.3, -0.25) is 0 Å². The molecule has 1 aromatic heterocycles. The van der Waals surface area contributed by atoms with Crippen LogP contribution in [0.25, 0.3) is 0 Å². The summed E-state index contributed by atoms with van der Waals surface area (Å²) < 4.78 is 40.9. The van der Waals surface area contributed by atoms with Gasteiger partial charge in [0.15, 0.2) is 0 Å². The van der Waals surface area contributed by atoms with Crippen molar-refractivity contribution in [3.8, 4) is 6.07 Å². The molecule has 0 amide bonds. The van der Waals surface area contributed by atoms with Crippen LogP contribution in [-0.4, -0.2) is 16.8 Å². The molecule has 1 N–H and O–H groups in total. The number of nitrogens with one attached hydrogen (secondary N) is 1. The minimum absolute atomic E-state index is 0.207. The van der Waals surface area contributed by atoms with Crippen LogP contribution in [0.4, 0.5) is 13.2 Å². The molecule has 1 aromatic rings. The fraction of sp³-hybridized carbons (Fsp3) is 0.667. The normalized spacial score (nSPS) is 23.0. The van der Waals surface area contributed by atoms with Crippen LogP contribution >= 0.6 is 0 Å². The average Bonchev–Trinajstić information content (AvgIpc) is 2.72. The van der Waals surface area contributed by atoms with Crippen LogP contribution in [0.5, 0.6) is 0 Å². The van der Waals surface area contributed by atoms with Gasteiger partial charge in [-0.15, -0.1) is 0 Å². The molecule has 6 heteroatoms. The fourth-order valence-corrected chi connectivity index (χ4v) is 3.06. The van der Waals surface area contributed by atoms with Crippen LogP contribution in [0.1, 0.15) is 42.6 Å². The molecule has 1 heterocycles. The van der Waals surface area contributed by atoms with E-state index in [0.29, 0.717) is 25.1 Å². The van der Waals surface area contributed by atoms with E-state index in [0.717, 1.165) is 17.7 Å². The van der Waals surface area contributed by atoms with E-state index in [9.17, 15) is 13.2 Å². The summed E-state index contributed by atoms with van der Waals surface area (Å²) in [7, 11) is 1.79. The molecule has 0 aromatic carbocycles. The summed E-state index contributed by atoms with van der Waals surface area (Å²) >= 11 is 0. The third kappa shape index (κ3) is 3.41. The molecule has 0 unspecified atom stereocenters. The van der Waals surface area contributed by atoms with E-state index < -0.39 is 18.1 Å². The van der Waals surface area contributed by atoms with Crippen molar-refractivity contribution < 1.29 is 13.2 Å². The van der Waals surface area contributed by atoms with E-state index in [1.807, 2.05) is 6.92 Å². The molecule has 1 aliphatic carbocycles. The van der Waals surface area contributed by atoms with Crippen molar-refractivity contribution in [2.24, 2.45) is 13.0 Å². The molecule has 0 radical (unpaired) electrons. The van der Waals surface area contributed by atoms with Gasteiger partial charge in [-0.1, -0.05) is 12.8 Å². The van der Waals surface area contributed by atoms with E-state index in [2.05, 4.69) is 11.4 Å². The quantitative estimate of drug-likeness (QED) is 0.929. The zero-order valence-corrected chi connectivity index (χ0v) is 12.3. The maximum atomic E-state index is 13.0. The molecule has 1 fully saturated rings. The second-order valence-electron chi connectivity index (χ2n) is 5.73. The molecular formula is C15H20F3N3. The second-order valence-corrected chi connectivity index (χ2v) is 5.73. The summed E-state index contributed by atoms with van der Waals surface area (Å²) in [5.41, 5.74) is 2.33. The Morgan fingerprint density at radius 2 is 2.05 bits per heavy atom. The number of alkyl halides is 3. The smallest absolute Gasteiger partial charge is 0.340 e. The second kappa shape index (κ2) is 6.10. The van der Waals surface area contributed by atoms with Gasteiger partial charge in [0.1, 0.15) is 11.8 Å². The summed E-state index contributed by atoms with van der Waals surface area (Å²) in [4.78, 5) is 0. The van der Waals surface area contributed by atoms with Crippen LogP contribution < -0.4 is 5.32 Å². The van der Waals surface area contributed by atoms with Crippen molar-refractivity contribution in [1.82, 2.24) is 9.88 Å². The van der Waals surface area contributed by atoms with Crippen molar-refractivity contribution in [3.63, 3.8) is 0 Å². The Morgan fingerprint density at radius 1 is 1.38 bits per heavy atom. The first-order valence-corrected chi connectivity index (χ1v) is 7.20. The zero-order valence-electron chi connectivity index (χ0n) is 12.3. The van der Waals surface area contributed by atoms with E-state index in [4.69, 9.17) is 5.26 Å². The summed E-state index contributed by atoms with van der Waals surface area (Å²) in [6, 6.07) is 3.30. The highest BCUT2D eigenvalue weighted by Crippen LogP contribution is 2.37. The van der Waals surface area contributed by atoms with Gasteiger partial charge in [-0.05, 0) is 31.4 Å². The monoisotopic (exact) mass is 299 g/mol. The number of halogens is 3. The van der Waals surface area contributed by atoms with Gasteiger partial charge in [0.25, 0.3) is 0 Å². The third-order valence-electron chi connectivity index (χ3n) is 4.50. The third-order valence-corrected chi connectivity index (χ3v) is 4.50. The van der Waals surface area contributed by atoms with Gasteiger partial charge >= 0.3 is 6.18 Å². The first-order valence-electron chi connectivity index (χ1n) is 7.20. The summed E-state index contributed by atoms with van der Waals surface area (Å²) in [6.45, 7) is 2.25. The van der Waals surface area contributed by atoms with E-state index >= 15 is 0 Å². The lowest BCUT2D eigenvalue weighted by molar-refractivity contribution is -0.189. The largest absolute Gasteiger partial charge is 0.393 e. The predicted molar refractivity (Wildman–Crippen MR) is 73.5 cm³/mol. The summed E-state index contributed by atoms with van der Waals surface area (Å²) in [5, 5.41) is 12.0. The standard InChI is InChI=1S/C15H20F3N3/c1-10-11(7-12(8-19)21(10)2)9-20-14-6-4-3-5-13(14)15(16,17)18/h7,13-14,20H,3-6,9H2,1-2H3/t13-,14-/m1/s1. The summed E-state index contributed by atoms with van der Waals surface area (Å²) in [6.07, 6.45) is -1.89. The van der Waals surface area contributed by atoms with Gasteiger partial charge in [-0.25, -0.2) is 0 Å². The topological polar surface area (TPSA) is 40.8 Å². The number of nitriles is 1. The fourth-order valence-electron chi connectivity index (χ4n) is 3.06. The molecule has 3 nitrogen and oxygen atoms in total. The molecule has 2 rings (SSSR count). The molecule has 2 atom stereocenters. The van der Waals surface area contributed by atoms with Crippen molar-refractivity contribution >= 4 is 0 Å². The SMILES string of the molecule is Cc1c(CN[C@@H]2CCCC[C@H]2C(F)(F)F)cc(C#N)n1C. The Balaban J connectivity index is 2.06. The molecule has 21 heavy (non-hydrogen) atoms. The molecular weight excluding hydrogens is 279 g/mol. The molecule has 0 aliphatic heterocycles. The van der Waals surface area contributed by atoms with Gasteiger partial charge in [0.2, 0.25) is 0 Å². The van der Waals surface area contributed by atoms with E-state index in [1.54, 1.807) is 17.7 Å². The number of rotatable bonds is 3. The van der Waals surface area contributed by atoms with Crippen LogP contribution in [-0.2, 0) is 13.6 Å². The number of hydrogen-bond acceptors (Lipinski definition) is 2. The molecule has 1 aliphatic rings. The Morgan fingerprint density at radius 3 is 2.62 bits per heavy atom. The van der Waals surface area contributed by atoms with Gasteiger partial charge in [0, 0.05) is 25.3 Å². The Kier molecular flexibility index (Phi) is 4.62. The average molecular weight is 299 g/mol. The van der Waals surface area contributed by atoms with Crippen LogP contribution in [0.3, 0.4) is 0 Å². The Hall–Kier alpha value is -1.48. The maximum Gasteiger partial charge on any atom is 0.393 e. The first kappa shape index (κ1) is 15.9. The number of nitrogens with zero attached hydrogens (tertiary/aromatic N) is 2. The lowest BCUT2D eigenvalue weighted by atomic mass is 9.84. The molecule has 1 saturated carbocycles. The Labute approximate surface area is 122 Å². The Bertz CT molecular complexity index is 540. The first-order chi connectivity index (χ1) is 9.84. The van der Waals surface area contributed by atoms with Crippen LogP contribution in [0.2, 0.25) is 0 Å². The zero-order chi connectivity index (χ0) is 15.6. The molecule has 116 valence electrons. The molecule has 0 bridgehead atoms. The van der Waals surface area contributed by atoms with Crippen molar-refractivity contribution in [2.45, 2.75) is 51.4 Å². The van der Waals surface area contributed by atoms with Crippen molar-refractivity contribution in [2.75, 3.05) is 0 Å². The molecule has 0 spiro atoms. The van der Waals surface area contributed by atoms with Gasteiger partial charge < -0.3 is 9.88 Å². The lowest BCUT2D eigenvalue weighted by Crippen LogP contribution is -2.45. The highest BCUT2D eigenvalue weighted by atomic mass is 19.4. The number of hydrogen-bond donors (Lipinski definition) is 1. The minimum Gasteiger partial charge on any atom is -0.340 e. The van der Waals surface area contributed by atoms with Crippen LogP contribution in [0.15, 0.2) is 6.07 Å². The van der Waals surface area contributed by atoms with Crippen molar-refractivity contribution in [3.05, 3.63) is 23.0 Å². The van der Waals surface area contributed by atoms with Gasteiger partial charge in [0.05, 0.1) is 5.92 Å². The lowest BCUT2D eigenvalue weighted by Gasteiger charge is -2.33. The minimum atomic E-state index is -4.14. The summed E-state index contributed by atoms with van der Waals surface area (Å²) in [5.74, 6) is -1.26. The number of aromatic nitrogens is 1. The molecule has 0 saturated heterocycles. The maximum absolute atomic E-state index is 13.0. The highest BCUT2D eigenvalue weighted by molar-refractivity contribution is 5.34.